The summed E-state index contributed by atoms with van der Waals surface area (Å²) < 4.78 is 5.24. The highest BCUT2D eigenvalue weighted by Gasteiger charge is 2.55. The highest BCUT2D eigenvalue weighted by atomic mass is 16.5. The number of hydrogen-bond donors (Lipinski definition) is 2. The van der Waals surface area contributed by atoms with E-state index in [1.54, 1.807) is 4.90 Å². The molecule has 1 amide bonds. The summed E-state index contributed by atoms with van der Waals surface area (Å²) in [4.78, 5) is 14.0. The van der Waals surface area contributed by atoms with E-state index in [9.17, 15) is 9.90 Å². The predicted octanol–water partition coefficient (Wildman–Crippen LogP) is -0.522. The fourth-order valence-electron chi connectivity index (χ4n) is 2.90. The van der Waals surface area contributed by atoms with Crippen molar-refractivity contribution in [2.24, 2.45) is 11.7 Å². The molecule has 96 valence electrons. The molecule has 5 nitrogen and oxygen atoms in total. The number of β-amino-alcohol motifs (C(OH)–C–C–N with tert-alkyl or cyclic N) is 1. The van der Waals surface area contributed by atoms with E-state index in [-0.39, 0.29) is 5.91 Å². The van der Waals surface area contributed by atoms with Crippen molar-refractivity contribution in [3.05, 3.63) is 0 Å². The van der Waals surface area contributed by atoms with Crippen molar-refractivity contribution in [1.29, 1.82) is 0 Å². The Labute approximate surface area is 101 Å². The molecule has 0 unspecified atom stereocenters. The molecule has 0 radical (unpaired) electrons. The highest BCUT2D eigenvalue weighted by molar-refractivity contribution is 5.87. The topological polar surface area (TPSA) is 75.8 Å². The average Bonchev–Trinajstić information content (AvgIpc) is 3.09. The molecule has 0 aromatic rings. The molecule has 1 aliphatic carbocycles. The van der Waals surface area contributed by atoms with Crippen LogP contribution in [0.1, 0.15) is 25.7 Å². The number of rotatable bonds is 2. The van der Waals surface area contributed by atoms with Crippen molar-refractivity contribution >= 4 is 5.91 Å². The molecule has 0 atom stereocenters. The van der Waals surface area contributed by atoms with E-state index in [2.05, 4.69) is 0 Å². The van der Waals surface area contributed by atoms with Gasteiger partial charge in [-0.15, -0.1) is 0 Å². The van der Waals surface area contributed by atoms with Gasteiger partial charge in [-0.3, -0.25) is 4.79 Å². The van der Waals surface area contributed by atoms with Gasteiger partial charge in [0.2, 0.25) is 5.91 Å². The molecule has 0 bridgehead atoms. The number of nitrogens with zero attached hydrogens (tertiary/aromatic N) is 1. The fraction of sp³-hybridized carbons (Fsp3) is 0.917. The summed E-state index contributed by atoms with van der Waals surface area (Å²) in [5.41, 5.74) is 4.77. The van der Waals surface area contributed by atoms with Gasteiger partial charge in [-0.25, -0.2) is 0 Å². The summed E-state index contributed by atoms with van der Waals surface area (Å²) in [7, 11) is 0. The molecule has 2 heterocycles. The van der Waals surface area contributed by atoms with Gasteiger partial charge >= 0.3 is 0 Å². The van der Waals surface area contributed by atoms with Crippen molar-refractivity contribution in [3.63, 3.8) is 0 Å². The lowest BCUT2D eigenvalue weighted by Crippen LogP contribution is -2.70. The van der Waals surface area contributed by atoms with E-state index in [1.165, 1.54) is 0 Å². The molecule has 1 saturated carbocycles. The molecule has 2 aliphatic heterocycles. The maximum atomic E-state index is 12.3. The first-order chi connectivity index (χ1) is 8.04. The van der Waals surface area contributed by atoms with Gasteiger partial charge in [0.15, 0.2) is 0 Å². The second-order valence-electron chi connectivity index (χ2n) is 5.81. The zero-order valence-corrected chi connectivity index (χ0v) is 10.0. The van der Waals surface area contributed by atoms with Crippen LogP contribution in [0.5, 0.6) is 0 Å². The number of aliphatic hydroxyl groups is 1. The van der Waals surface area contributed by atoms with E-state index in [1.807, 2.05) is 0 Å². The van der Waals surface area contributed by atoms with Gasteiger partial charge in [0, 0.05) is 13.2 Å². The summed E-state index contributed by atoms with van der Waals surface area (Å²) in [6.07, 6.45) is 3.37. The number of amides is 1. The van der Waals surface area contributed by atoms with Crippen LogP contribution in [-0.2, 0) is 9.53 Å². The number of likely N-dealkylation sites (tertiary alicyclic amines) is 1. The zero-order chi connectivity index (χ0) is 12.1. The van der Waals surface area contributed by atoms with Gasteiger partial charge in [0.1, 0.15) is 5.60 Å². The number of carbonyl (C=O) groups excluding carboxylic acids is 1. The molecule has 0 aromatic carbocycles. The van der Waals surface area contributed by atoms with Crippen LogP contribution in [-0.4, -0.2) is 53.4 Å². The van der Waals surface area contributed by atoms with Gasteiger partial charge in [-0.05, 0) is 31.6 Å². The minimum absolute atomic E-state index is 0.00822. The highest BCUT2D eigenvalue weighted by Crippen LogP contribution is 2.45. The summed E-state index contributed by atoms with van der Waals surface area (Å²) in [6.45, 7) is 2.05. The molecule has 5 heteroatoms. The molecular weight excluding hydrogens is 220 g/mol. The molecule has 3 N–H and O–H groups in total. The first-order valence-electron chi connectivity index (χ1n) is 6.42. The monoisotopic (exact) mass is 240 g/mol. The van der Waals surface area contributed by atoms with E-state index < -0.39 is 11.1 Å². The Morgan fingerprint density at radius 2 is 1.88 bits per heavy atom. The van der Waals surface area contributed by atoms with Gasteiger partial charge in [-0.2, -0.15) is 0 Å². The van der Waals surface area contributed by atoms with E-state index in [0.717, 1.165) is 12.8 Å². The van der Waals surface area contributed by atoms with Crippen molar-refractivity contribution < 1.29 is 14.6 Å². The quantitative estimate of drug-likeness (QED) is 0.681. The van der Waals surface area contributed by atoms with Crippen LogP contribution < -0.4 is 5.73 Å². The Kier molecular flexibility index (Phi) is 2.47. The molecule has 17 heavy (non-hydrogen) atoms. The minimum atomic E-state index is -0.761. The van der Waals surface area contributed by atoms with Crippen molar-refractivity contribution in [3.8, 4) is 0 Å². The third kappa shape index (κ3) is 1.86. The van der Waals surface area contributed by atoms with Crippen LogP contribution in [0, 0.1) is 5.92 Å². The van der Waals surface area contributed by atoms with E-state index >= 15 is 0 Å². The van der Waals surface area contributed by atoms with Crippen LogP contribution in [0.2, 0.25) is 0 Å². The van der Waals surface area contributed by atoms with Crippen LogP contribution >= 0.6 is 0 Å². The zero-order valence-electron chi connectivity index (χ0n) is 10.0. The molecule has 0 aromatic heterocycles. The lowest BCUT2D eigenvalue weighted by Gasteiger charge is -2.50. The second-order valence-corrected chi connectivity index (χ2v) is 5.81. The Morgan fingerprint density at radius 3 is 2.41 bits per heavy atom. The van der Waals surface area contributed by atoms with Crippen LogP contribution in [0.4, 0.5) is 0 Å². The normalized spacial score (nSPS) is 30.8. The predicted molar refractivity (Wildman–Crippen MR) is 61.2 cm³/mol. The summed E-state index contributed by atoms with van der Waals surface area (Å²) in [6, 6.07) is 0. The first kappa shape index (κ1) is 11.4. The summed E-state index contributed by atoms with van der Waals surface area (Å²) >= 11 is 0. The molecule has 3 fully saturated rings. The average molecular weight is 240 g/mol. The van der Waals surface area contributed by atoms with Crippen molar-refractivity contribution in [2.45, 2.75) is 36.8 Å². The molecular formula is C12H20N2O3. The lowest BCUT2D eigenvalue weighted by molar-refractivity contribution is -0.167. The third-order valence-electron chi connectivity index (χ3n) is 4.36. The number of carbonyl (C=O) groups is 1. The van der Waals surface area contributed by atoms with Crippen LogP contribution in [0.15, 0.2) is 0 Å². The van der Waals surface area contributed by atoms with E-state index in [4.69, 9.17) is 10.5 Å². The van der Waals surface area contributed by atoms with Gasteiger partial charge in [-0.1, -0.05) is 0 Å². The fourth-order valence-corrected chi connectivity index (χ4v) is 2.90. The third-order valence-corrected chi connectivity index (χ3v) is 4.36. The van der Waals surface area contributed by atoms with Crippen molar-refractivity contribution in [1.82, 2.24) is 4.90 Å². The minimum Gasteiger partial charge on any atom is -0.386 e. The van der Waals surface area contributed by atoms with Crippen LogP contribution in [0.25, 0.3) is 0 Å². The molecule has 2 saturated heterocycles. The van der Waals surface area contributed by atoms with Crippen molar-refractivity contribution in [2.75, 3.05) is 26.3 Å². The van der Waals surface area contributed by atoms with Crippen LogP contribution in [0.3, 0.4) is 0 Å². The SMILES string of the molecule is NC1(C(=O)N2CC(O)(C3CC3)C2)CCOCC1. The number of nitrogens with two attached hydrogens (primary N) is 1. The van der Waals surface area contributed by atoms with Gasteiger partial charge in [0.25, 0.3) is 0 Å². The Balaban J connectivity index is 1.60. The number of ether oxygens (including phenoxy) is 1. The largest absolute Gasteiger partial charge is 0.386 e. The number of hydrogen-bond acceptors (Lipinski definition) is 4. The van der Waals surface area contributed by atoms with Gasteiger partial charge < -0.3 is 20.5 Å². The summed E-state index contributed by atoms with van der Waals surface area (Å²) in [5, 5.41) is 10.2. The lowest BCUT2D eigenvalue weighted by atomic mass is 9.83. The van der Waals surface area contributed by atoms with Gasteiger partial charge in [0.05, 0.1) is 18.6 Å². The first-order valence-corrected chi connectivity index (χ1v) is 6.42. The second kappa shape index (κ2) is 3.67. The maximum Gasteiger partial charge on any atom is 0.243 e. The molecule has 0 spiro atoms. The Bertz CT molecular complexity index is 329. The molecule has 3 rings (SSSR count). The molecule has 3 aliphatic rings. The Morgan fingerprint density at radius 1 is 1.29 bits per heavy atom. The summed E-state index contributed by atoms with van der Waals surface area (Å²) in [5.74, 6) is 0.404. The maximum absolute atomic E-state index is 12.3. The Hall–Kier alpha value is -0.650. The van der Waals surface area contributed by atoms with E-state index in [0.29, 0.717) is 45.1 Å². The standard InChI is InChI=1S/C12H20N2O3/c13-11(3-5-17-6-4-11)10(15)14-7-12(16,8-14)9-1-2-9/h9,16H,1-8,13H2. The smallest absolute Gasteiger partial charge is 0.243 e.